The van der Waals surface area contributed by atoms with Gasteiger partial charge in [0.25, 0.3) is 5.91 Å². The van der Waals surface area contributed by atoms with Gasteiger partial charge in [-0.25, -0.2) is 4.99 Å². The lowest BCUT2D eigenvalue weighted by Gasteiger charge is -1.93. The number of hydrogen-bond acceptors (Lipinski definition) is 2. The molecule has 0 atom stereocenters. The van der Waals surface area contributed by atoms with Crippen molar-refractivity contribution in [2.75, 3.05) is 0 Å². The Labute approximate surface area is 81.7 Å². The van der Waals surface area contributed by atoms with E-state index in [4.69, 9.17) is 13.8 Å². The summed E-state index contributed by atoms with van der Waals surface area (Å²) in [6.07, 6.45) is 0.274. The summed E-state index contributed by atoms with van der Waals surface area (Å²) in [7, 11) is 0. The first kappa shape index (κ1) is 8.99. The summed E-state index contributed by atoms with van der Waals surface area (Å²) >= 11 is 0. The highest BCUT2D eigenvalue weighted by Gasteiger charge is 2.30. The summed E-state index contributed by atoms with van der Waals surface area (Å²) < 4.78 is 0. The van der Waals surface area contributed by atoms with E-state index in [9.17, 15) is 9.90 Å². The molecule has 14 heavy (non-hydrogen) atoms. The van der Waals surface area contributed by atoms with Gasteiger partial charge in [0.15, 0.2) is 5.88 Å². The van der Waals surface area contributed by atoms with Crippen LogP contribution in [0.15, 0.2) is 4.99 Å². The summed E-state index contributed by atoms with van der Waals surface area (Å²) in [5.41, 5.74) is 1.65. The van der Waals surface area contributed by atoms with Crippen molar-refractivity contribution < 1.29 is 9.90 Å². The smallest absolute Gasteiger partial charge is 0.279 e. The van der Waals surface area contributed by atoms with Crippen molar-refractivity contribution in [3.05, 3.63) is 30.7 Å². The minimum atomic E-state index is -0.391. The standard InChI is InChI=1S/C10H8N2O2/c1-3-5-7-8(10(14)11-5)6(4-2)12-9(7)13/h1-2,11,14H,3-4H2. The van der Waals surface area contributed by atoms with Crippen LogP contribution in [-0.2, 0) is 6.42 Å². The number of aromatic nitrogens is 1. The Bertz CT molecular complexity index is 430. The normalized spacial score (nSPS) is 14.4. The van der Waals surface area contributed by atoms with Crippen molar-refractivity contribution in [1.29, 1.82) is 0 Å². The summed E-state index contributed by atoms with van der Waals surface area (Å²) in [5, 5.41) is 9.50. The van der Waals surface area contributed by atoms with Crippen LogP contribution in [0, 0.1) is 13.8 Å². The van der Waals surface area contributed by atoms with E-state index < -0.39 is 5.91 Å². The second kappa shape index (κ2) is 2.97. The largest absolute Gasteiger partial charge is 0.494 e. The molecule has 0 fully saturated rings. The highest BCUT2D eigenvalue weighted by atomic mass is 16.3. The Morgan fingerprint density at radius 1 is 1.29 bits per heavy atom. The summed E-state index contributed by atoms with van der Waals surface area (Å²) in [4.78, 5) is 17.8. The number of aromatic hydroxyl groups is 1. The van der Waals surface area contributed by atoms with Gasteiger partial charge in [-0.1, -0.05) is 0 Å². The van der Waals surface area contributed by atoms with Crippen LogP contribution in [-0.4, -0.2) is 21.7 Å². The van der Waals surface area contributed by atoms with E-state index in [-0.39, 0.29) is 18.7 Å². The Hall–Kier alpha value is -1.58. The molecule has 2 rings (SSSR count). The quantitative estimate of drug-likeness (QED) is 0.727. The molecule has 1 aromatic heterocycles. The van der Waals surface area contributed by atoms with Crippen LogP contribution in [0.4, 0.5) is 0 Å². The molecule has 0 aromatic carbocycles. The maximum absolute atomic E-state index is 11.4. The van der Waals surface area contributed by atoms with Crippen LogP contribution in [0.2, 0.25) is 0 Å². The molecule has 2 heterocycles. The zero-order valence-electron chi connectivity index (χ0n) is 7.37. The molecule has 0 aliphatic carbocycles. The van der Waals surface area contributed by atoms with Gasteiger partial charge in [0.05, 0.1) is 16.8 Å². The zero-order chi connectivity index (χ0) is 10.3. The second-order valence-corrected chi connectivity index (χ2v) is 2.97. The van der Waals surface area contributed by atoms with Gasteiger partial charge >= 0.3 is 0 Å². The lowest BCUT2D eigenvalue weighted by Crippen LogP contribution is -1.95. The lowest BCUT2D eigenvalue weighted by atomic mass is 10.1. The van der Waals surface area contributed by atoms with E-state index in [2.05, 4.69) is 9.98 Å². The topological polar surface area (TPSA) is 65.5 Å². The number of H-pyrrole nitrogens is 1. The van der Waals surface area contributed by atoms with E-state index in [1.54, 1.807) is 0 Å². The fraction of sp³-hybridized carbons (Fsp3) is 0.200. The van der Waals surface area contributed by atoms with Crippen LogP contribution in [0.3, 0.4) is 0 Å². The van der Waals surface area contributed by atoms with Gasteiger partial charge in [0.2, 0.25) is 0 Å². The Kier molecular flexibility index (Phi) is 1.91. The van der Waals surface area contributed by atoms with Crippen LogP contribution in [0.25, 0.3) is 0 Å². The average molecular weight is 188 g/mol. The first-order valence-electron chi connectivity index (χ1n) is 4.15. The molecule has 4 heteroatoms. The predicted octanol–water partition coefficient (Wildman–Crippen LogP) is 1.02. The molecule has 4 radical (unpaired) electrons. The molecule has 1 amide bonds. The maximum atomic E-state index is 11.4. The van der Waals surface area contributed by atoms with Crippen LogP contribution in [0.1, 0.15) is 28.0 Å². The predicted molar refractivity (Wildman–Crippen MR) is 50.2 cm³/mol. The minimum Gasteiger partial charge on any atom is -0.494 e. The van der Waals surface area contributed by atoms with E-state index in [1.807, 2.05) is 0 Å². The Morgan fingerprint density at radius 2 is 2.00 bits per heavy atom. The number of amides is 1. The average Bonchev–Trinajstić information content (AvgIpc) is 2.67. The molecule has 0 unspecified atom stereocenters. The first-order valence-corrected chi connectivity index (χ1v) is 4.15. The van der Waals surface area contributed by atoms with Crippen molar-refractivity contribution >= 4 is 11.6 Å². The number of carbonyl (C=O) groups excluding carboxylic acids is 1. The van der Waals surface area contributed by atoms with E-state index in [1.165, 1.54) is 0 Å². The third-order valence-electron chi connectivity index (χ3n) is 2.19. The Morgan fingerprint density at radius 3 is 2.57 bits per heavy atom. The summed E-state index contributed by atoms with van der Waals surface area (Å²) in [5.74, 6) is -0.479. The maximum Gasteiger partial charge on any atom is 0.279 e. The van der Waals surface area contributed by atoms with Crippen molar-refractivity contribution in [2.24, 2.45) is 4.99 Å². The molecular weight excluding hydrogens is 180 g/mol. The fourth-order valence-electron chi connectivity index (χ4n) is 1.59. The van der Waals surface area contributed by atoms with Crippen molar-refractivity contribution in [3.8, 4) is 5.88 Å². The van der Waals surface area contributed by atoms with E-state index >= 15 is 0 Å². The van der Waals surface area contributed by atoms with Crippen molar-refractivity contribution in [2.45, 2.75) is 12.8 Å². The molecule has 4 nitrogen and oxygen atoms in total. The van der Waals surface area contributed by atoms with Gasteiger partial charge in [0.1, 0.15) is 0 Å². The second-order valence-electron chi connectivity index (χ2n) is 2.97. The zero-order valence-corrected chi connectivity index (χ0v) is 7.37. The number of nitrogens with zero attached hydrogens (tertiary/aromatic N) is 1. The molecule has 1 aliphatic heterocycles. The van der Waals surface area contributed by atoms with Gasteiger partial charge in [-0.05, 0) is 26.7 Å². The van der Waals surface area contributed by atoms with Crippen LogP contribution >= 0.6 is 0 Å². The van der Waals surface area contributed by atoms with E-state index in [0.717, 1.165) is 0 Å². The molecule has 0 saturated carbocycles. The van der Waals surface area contributed by atoms with Crippen molar-refractivity contribution in [1.82, 2.24) is 4.98 Å². The summed E-state index contributed by atoms with van der Waals surface area (Å²) in [6, 6.07) is 0. The summed E-state index contributed by atoms with van der Waals surface area (Å²) in [6.45, 7) is 10.8. The Balaban J connectivity index is 2.64. The fourth-order valence-corrected chi connectivity index (χ4v) is 1.59. The molecule has 70 valence electrons. The lowest BCUT2D eigenvalue weighted by molar-refractivity contribution is 0.101. The number of hydrogen-bond donors (Lipinski definition) is 2. The molecule has 1 aromatic rings. The molecule has 0 saturated heterocycles. The number of nitrogens with one attached hydrogen (secondary N) is 1. The molecule has 0 bridgehead atoms. The van der Waals surface area contributed by atoms with Gasteiger partial charge in [-0.15, -0.1) is 0 Å². The number of aliphatic imine (C=N–C) groups is 1. The monoisotopic (exact) mass is 188 g/mol. The number of fused-ring (bicyclic) bond motifs is 1. The van der Waals surface area contributed by atoms with Crippen molar-refractivity contribution in [3.63, 3.8) is 0 Å². The SMILES string of the molecule is [CH]CC1=NC(=O)c2c(C[CH])[nH]c(O)c21. The highest BCUT2D eigenvalue weighted by Crippen LogP contribution is 2.31. The van der Waals surface area contributed by atoms with Gasteiger partial charge in [0, 0.05) is 5.69 Å². The van der Waals surface area contributed by atoms with Crippen LogP contribution in [0.5, 0.6) is 5.88 Å². The molecular formula is C10H8N2O2. The van der Waals surface area contributed by atoms with Gasteiger partial charge < -0.3 is 10.1 Å². The van der Waals surface area contributed by atoms with Gasteiger partial charge in [-0.3, -0.25) is 4.79 Å². The number of carbonyl (C=O) groups is 1. The van der Waals surface area contributed by atoms with Crippen LogP contribution < -0.4 is 0 Å². The number of aromatic amines is 1. The minimum absolute atomic E-state index is 0.0875. The van der Waals surface area contributed by atoms with E-state index in [0.29, 0.717) is 22.5 Å². The molecule has 0 spiro atoms. The first-order chi connectivity index (χ1) is 6.69. The highest BCUT2D eigenvalue weighted by molar-refractivity contribution is 6.23. The van der Waals surface area contributed by atoms with Gasteiger partial charge in [-0.2, -0.15) is 0 Å². The third kappa shape index (κ3) is 0.999. The molecule has 1 aliphatic rings. The molecule has 2 N–H and O–H groups in total. The number of rotatable bonds is 2. The third-order valence-corrected chi connectivity index (χ3v) is 2.19.